The van der Waals surface area contributed by atoms with Crippen molar-refractivity contribution < 1.29 is 18.7 Å². The lowest BCUT2D eigenvalue weighted by atomic mass is 9.84. The molecule has 1 aliphatic rings. The van der Waals surface area contributed by atoms with Crippen molar-refractivity contribution in [3.05, 3.63) is 0 Å². The van der Waals surface area contributed by atoms with Crippen molar-refractivity contribution in [3.63, 3.8) is 0 Å². The molecule has 0 saturated heterocycles. The Morgan fingerprint density at radius 1 is 1.42 bits per heavy atom. The third kappa shape index (κ3) is 1.82. The van der Waals surface area contributed by atoms with Crippen molar-refractivity contribution in [1.29, 1.82) is 0 Å². The Hall–Kier alpha value is -0.0300. The lowest BCUT2D eigenvalue weighted by molar-refractivity contribution is -0.148. The van der Waals surface area contributed by atoms with Gasteiger partial charge in [0.25, 0.3) is 0 Å². The van der Waals surface area contributed by atoms with Crippen LogP contribution in [0.2, 0.25) is 0 Å². The first-order valence-electron chi connectivity index (χ1n) is 3.66. The molecule has 0 heterocycles. The number of hydrogen-bond acceptors (Lipinski definition) is 2. The molecule has 2 nitrogen and oxygen atoms in total. The van der Waals surface area contributed by atoms with Crippen LogP contribution in [0.4, 0.5) is 8.78 Å². The molecule has 0 bridgehead atoms. The highest BCUT2D eigenvalue weighted by molar-refractivity contribution is 9.10. The molecule has 0 aromatic carbocycles. The van der Waals surface area contributed by atoms with Crippen LogP contribution in [0.3, 0.4) is 0 Å². The normalized spacial score (nSPS) is 24.2. The summed E-state index contributed by atoms with van der Waals surface area (Å²) in [5, 5.41) is 9.38. The van der Waals surface area contributed by atoms with Crippen molar-refractivity contribution in [1.82, 2.24) is 0 Å². The fraction of sp³-hybridized carbons (Fsp3) is 0.857. The highest BCUT2D eigenvalue weighted by atomic mass is 79.9. The van der Waals surface area contributed by atoms with Gasteiger partial charge >= 0.3 is 4.83 Å². The van der Waals surface area contributed by atoms with Crippen LogP contribution in [0.1, 0.15) is 25.7 Å². The zero-order valence-electron chi connectivity index (χ0n) is 6.32. The first-order chi connectivity index (χ1) is 5.35. The van der Waals surface area contributed by atoms with E-state index < -0.39 is 10.4 Å². The Bertz CT molecular complexity index is 190. The number of Topliss-reactive ketones (excluding diaryl/α,β-unsaturated/α-hetero) is 1. The zero-order valence-corrected chi connectivity index (χ0v) is 7.90. The maximum absolute atomic E-state index is 12.7. The SMILES string of the molecule is O=C1CCC(O)(C(F)(F)Br)CC1. The van der Waals surface area contributed by atoms with E-state index in [1.165, 1.54) is 0 Å². The maximum atomic E-state index is 12.7. The van der Waals surface area contributed by atoms with Crippen LogP contribution in [-0.4, -0.2) is 21.3 Å². The monoisotopic (exact) mass is 242 g/mol. The molecule has 0 amide bonds. The first-order valence-corrected chi connectivity index (χ1v) is 4.45. The van der Waals surface area contributed by atoms with Crippen molar-refractivity contribution in [2.24, 2.45) is 0 Å². The summed E-state index contributed by atoms with van der Waals surface area (Å²) < 4.78 is 25.3. The molecule has 0 atom stereocenters. The van der Waals surface area contributed by atoms with Crippen LogP contribution >= 0.6 is 15.9 Å². The van der Waals surface area contributed by atoms with E-state index in [-0.39, 0.29) is 31.5 Å². The lowest BCUT2D eigenvalue weighted by Gasteiger charge is -2.34. The molecule has 0 unspecified atom stereocenters. The highest BCUT2D eigenvalue weighted by Gasteiger charge is 2.51. The summed E-state index contributed by atoms with van der Waals surface area (Å²) in [6, 6.07) is 0. The second kappa shape index (κ2) is 3.03. The predicted molar refractivity (Wildman–Crippen MR) is 42.3 cm³/mol. The van der Waals surface area contributed by atoms with E-state index in [0.29, 0.717) is 0 Å². The van der Waals surface area contributed by atoms with Crippen LogP contribution in [-0.2, 0) is 4.79 Å². The predicted octanol–water partition coefficient (Wildman–Crippen LogP) is 1.85. The quantitative estimate of drug-likeness (QED) is 0.713. The number of alkyl halides is 3. The Kier molecular flexibility index (Phi) is 2.54. The van der Waals surface area contributed by atoms with Gasteiger partial charge in [-0.25, -0.2) is 0 Å². The molecule has 1 N–H and O–H groups in total. The number of aliphatic hydroxyl groups is 1. The number of halogens is 3. The molecule has 12 heavy (non-hydrogen) atoms. The summed E-state index contributed by atoms with van der Waals surface area (Å²) in [6.45, 7) is 0. The van der Waals surface area contributed by atoms with E-state index in [4.69, 9.17) is 0 Å². The summed E-state index contributed by atoms with van der Waals surface area (Å²) >= 11 is 2.12. The lowest BCUT2D eigenvalue weighted by Crippen LogP contribution is -2.46. The second-order valence-corrected chi connectivity index (χ2v) is 4.06. The molecule has 0 radical (unpaired) electrons. The van der Waals surface area contributed by atoms with Gasteiger partial charge in [0.1, 0.15) is 11.4 Å². The fourth-order valence-corrected chi connectivity index (χ4v) is 1.62. The van der Waals surface area contributed by atoms with Gasteiger partial charge in [-0.1, -0.05) is 0 Å². The number of carbonyl (C=O) groups excluding carboxylic acids is 1. The van der Waals surface area contributed by atoms with Crippen LogP contribution < -0.4 is 0 Å². The largest absolute Gasteiger partial charge is 0.383 e. The summed E-state index contributed by atoms with van der Waals surface area (Å²) in [6.07, 6.45) is -0.246. The van der Waals surface area contributed by atoms with E-state index in [9.17, 15) is 18.7 Å². The molecule has 0 aliphatic heterocycles. The zero-order chi connectivity index (χ0) is 9.41. The molecule has 5 heteroatoms. The van der Waals surface area contributed by atoms with Crippen molar-refractivity contribution in [2.75, 3.05) is 0 Å². The Labute approximate surface area is 77.1 Å². The second-order valence-electron chi connectivity index (χ2n) is 3.07. The van der Waals surface area contributed by atoms with Gasteiger partial charge < -0.3 is 5.11 Å². The molecule has 0 aromatic rings. The maximum Gasteiger partial charge on any atom is 0.329 e. The van der Waals surface area contributed by atoms with Gasteiger partial charge in [-0.05, 0) is 28.8 Å². The Balaban J connectivity index is 2.68. The van der Waals surface area contributed by atoms with Gasteiger partial charge in [0.15, 0.2) is 0 Å². The molecule has 70 valence electrons. The van der Waals surface area contributed by atoms with Gasteiger partial charge in [-0.2, -0.15) is 8.78 Å². The number of hydrogen-bond donors (Lipinski definition) is 1. The van der Waals surface area contributed by atoms with E-state index in [0.717, 1.165) is 0 Å². The minimum atomic E-state index is -3.29. The van der Waals surface area contributed by atoms with E-state index in [2.05, 4.69) is 15.9 Å². The number of ketones is 1. The molecule has 0 spiro atoms. The Morgan fingerprint density at radius 3 is 2.17 bits per heavy atom. The van der Waals surface area contributed by atoms with E-state index in [1.54, 1.807) is 0 Å². The summed E-state index contributed by atoms with van der Waals surface area (Å²) in [5.74, 6) is -0.0589. The molecule has 0 aromatic heterocycles. The van der Waals surface area contributed by atoms with Gasteiger partial charge in [-0.15, -0.1) is 0 Å². The first kappa shape index (κ1) is 10.1. The molecule has 1 rings (SSSR count). The van der Waals surface area contributed by atoms with Gasteiger partial charge in [-0.3, -0.25) is 4.79 Å². The van der Waals surface area contributed by atoms with Crippen molar-refractivity contribution in [3.8, 4) is 0 Å². The Morgan fingerprint density at radius 2 is 1.83 bits per heavy atom. The molecular formula is C7H9BrF2O2. The summed E-state index contributed by atoms with van der Waals surface area (Å²) in [5.41, 5.74) is -2.04. The van der Waals surface area contributed by atoms with Crippen molar-refractivity contribution in [2.45, 2.75) is 36.1 Å². The smallest absolute Gasteiger partial charge is 0.329 e. The van der Waals surface area contributed by atoms with Gasteiger partial charge in [0, 0.05) is 12.8 Å². The highest BCUT2D eigenvalue weighted by Crippen LogP contribution is 2.43. The minimum Gasteiger partial charge on any atom is -0.383 e. The summed E-state index contributed by atoms with van der Waals surface area (Å²) in [4.78, 5) is 7.42. The van der Waals surface area contributed by atoms with Gasteiger partial charge in [0.05, 0.1) is 0 Å². The third-order valence-corrected chi connectivity index (χ3v) is 2.90. The van der Waals surface area contributed by atoms with Crippen LogP contribution in [0, 0.1) is 0 Å². The topological polar surface area (TPSA) is 37.3 Å². The van der Waals surface area contributed by atoms with Crippen LogP contribution in [0.25, 0.3) is 0 Å². The fourth-order valence-electron chi connectivity index (χ4n) is 1.23. The molecule has 1 aliphatic carbocycles. The van der Waals surface area contributed by atoms with Gasteiger partial charge in [0.2, 0.25) is 0 Å². The molecular weight excluding hydrogens is 234 g/mol. The van der Waals surface area contributed by atoms with Crippen molar-refractivity contribution >= 4 is 21.7 Å². The average molecular weight is 243 g/mol. The van der Waals surface area contributed by atoms with Crippen LogP contribution in [0.15, 0.2) is 0 Å². The van der Waals surface area contributed by atoms with E-state index in [1.807, 2.05) is 0 Å². The third-order valence-electron chi connectivity index (χ3n) is 2.16. The number of carbonyl (C=O) groups is 1. The number of rotatable bonds is 1. The van der Waals surface area contributed by atoms with E-state index >= 15 is 0 Å². The molecule has 1 saturated carbocycles. The minimum absolute atomic E-state index is 0.0394. The van der Waals surface area contributed by atoms with Crippen LogP contribution in [0.5, 0.6) is 0 Å². The standard InChI is InChI=1S/C7H9BrF2O2/c8-7(9,10)6(12)3-1-5(11)2-4-6/h12H,1-4H2. The molecule has 1 fully saturated rings. The average Bonchev–Trinajstić information content (AvgIpc) is 1.93. The summed E-state index contributed by atoms with van der Waals surface area (Å²) in [7, 11) is 0.